The molecule has 3 aromatic rings. The smallest absolute Gasteiger partial charge is 0.250 e. The molecule has 1 saturated heterocycles. The maximum atomic E-state index is 13.2. The molecule has 1 aromatic carbocycles. The minimum absolute atomic E-state index is 0.00181. The number of carbonyl (C=O) groups excluding carboxylic acids is 2. The van der Waals surface area contributed by atoms with Crippen molar-refractivity contribution < 1.29 is 9.59 Å². The summed E-state index contributed by atoms with van der Waals surface area (Å²) in [4.78, 5) is 39.3. The van der Waals surface area contributed by atoms with Gasteiger partial charge < -0.3 is 14.0 Å². The number of likely N-dealkylation sites (tertiary alicyclic amines) is 1. The van der Waals surface area contributed by atoms with Crippen molar-refractivity contribution in [1.29, 1.82) is 0 Å². The fourth-order valence-corrected chi connectivity index (χ4v) is 5.00. The van der Waals surface area contributed by atoms with Crippen LogP contribution in [-0.2, 0) is 17.9 Å². The number of nitrogens with zero attached hydrogens (tertiary/aromatic N) is 3. The second-order valence-electron chi connectivity index (χ2n) is 8.24. The van der Waals surface area contributed by atoms with Crippen LogP contribution in [0.15, 0.2) is 53.5 Å². The van der Waals surface area contributed by atoms with Crippen LogP contribution in [0.5, 0.6) is 0 Å². The third-order valence-electron chi connectivity index (χ3n) is 6.31. The lowest BCUT2D eigenvalue weighted by Crippen LogP contribution is -2.49. The molecule has 2 aliphatic rings. The minimum atomic E-state index is 0.00181. The molecule has 2 aliphatic heterocycles. The maximum absolute atomic E-state index is 13.2. The van der Waals surface area contributed by atoms with Gasteiger partial charge in [0.25, 0.3) is 5.56 Å². The van der Waals surface area contributed by atoms with E-state index in [0.29, 0.717) is 31.1 Å². The molecule has 1 fully saturated rings. The average Bonchev–Trinajstić information content (AvgIpc) is 3.08. The monoisotopic (exact) mass is 389 g/mol. The van der Waals surface area contributed by atoms with Gasteiger partial charge >= 0.3 is 0 Å². The zero-order valence-electron chi connectivity index (χ0n) is 16.4. The average molecular weight is 389 g/mol. The van der Waals surface area contributed by atoms with E-state index in [9.17, 15) is 14.4 Å². The highest BCUT2D eigenvalue weighted by atomic mass is 16.2. The first-order valence-corrected chi connectivity index (χ1v) is 10.1. The summed E-state index contributed by atoms with van der Waals surface area (Å²) in [6.07, 6.45) is 2.82. The van der Waals surface area contributed by atoms with Gasteiger partial charge in [-0.2, -0.15) is 0 Å². The first-order chi connectivity index (χ1) is 14.0. The summed E-state index contributed by atoms with van der Waals surface area (Å²) < 4.78 is 3.76. The number of amides is 1. The van der Waals surface area contributed by atoms with Crippen molar-refractivity contribution in [2.75, 3.05) is 13.1 Å². The molecule has 0 saturated carbocycles. The lowest BCUT2D eigenvalue weighted by atomic mass is 9.83. The number of para-hydroxylation sites is 1. The van der Waals surface area contributed by atoms with Crippen LogP contribution in [0.1, 0.15) is 35.3 Å². The topological polar surface area (TPSA) is 64.3 Å². The largest absolute Gasteiger partial charge is 0.340 e. The molecule has 0 radical (unpaired) electrons. The molecule has 0 aliphatic carbocycles. The standard InChI is InChI=1S/C23H23N3O3/c1-15(27)19-13-24(21-6-3-2-5-18(19)21)14-23(29)25-10-16-9-17(12-25)20-7-4-8-22(28)26(20)11-16/h2-8,13,16-17H,9-12,14H2,1H3. The van der Waals surface area contributed by atoms with Gasteiger partial charge in [-0.25, -0.2) is 0 Å². The quantitative estimate of drug-likeness (QED) is 0.647. The number of piperidine rings is 1. The Morgan fingerprint density at radius 1 is 1.03 bits per heavy atom. The van der Waals surface area contributed by atoms with Crippen LogP contribution in [0.4, 0.5) is 0 Å². The summed E-state index contributed by atoms with van der Waals surface area (Å²) in [6, 6.07) is 13.1. The number of rotatable bonds is 3. The van der Waals surface area contributed by atoms with Crippen LogP contribution in [0, 0.1) is 5.92 Å². The number of carbonyl (C=O) groups is 2. The highest BCUT2D eigenvalue weighted by Crippen LogP contribution is 2.35. The summed E-state index contributed by atoms with van der Waals surface area (Å²) in [5.74, 6) is 0.568. The zero-order valence-corrected chi connectivity index (χ0v) is 16.4. The van der Waals surface area contributed by atoms with Gasteiger partial charge in [0.1, 0.15) is 6.54 Å². The van der Waals surface area contributed by atoms with Gasteiger partial charge in [-0.05, 0) is 31.4 Å². The number of Topliss-reactive ketones (excluding diaryl/α,β-unsaturated/α-hetero) is 1. The SMILES string of the molecule is CC(=O)c1cn(CC(=O)N2CC3CC(C2)c2cccc(=O)n2C3)c2ccccc12. The highest BCUT2D eigenvalue weighted by Gasteiger charge is 2.36. The molecule has 6 heteroatoms. The Kier molecular flexibility index (Phi) is 4.15. The molecule has 1 amide bonds. The van der Waals surface area contributed by atoms with E-state index < -0.39 is 0 Å². The number of hydrogen-bond donors (Lipinski definition) is 0. The van der Waals surface area contributed by atoms with Gasteiger partial charge in [0, 0.05) is 60.0 Å². The van der Waals surface area contributed by atoms with Crippen LogP contribution in [0.3, 0.4) is 0 Å². The van der Waals surface area contributed by atoms with Crippen molar-refractivity contribution in [1.82, 2.24) is 14.0 Å². The Labute approximate surface area is 168 Å². The summed E-state index contributed by atoms with van der Waals surface area (Å²) >= 11 is 0. The number of ketones is 1. The van der Waals surface area contributed by atoms with Gasteiger partial charge in [0.2, 0.25) is 5.91 Å². The van der Waals surface area contributed by atoms with Crippen LogP contribution in [-0.4, -0.2) is 38.8 Å². The van der Waals surface area contributed by atoms with E-state index in [-0.39, 0.29) is 29.7 Å². The first kappa shape index (κ1) is 17.9. The van der Waals surface area contributed by atoms with Gasteiger partial charge in [-0.1, -0.05) is 24.3 Å². The van der Waals surface area contributed by atoms with Gasteiger partial charge in [-0.15, -0.1) is 0 Å². The molecular weight excluding hydrogens is 366 g/mol. The van der Waals surface area contributed by atoms with Crippen LogP contribution >= 0.6 is 0 Å². The molecule has 2 atom stereocenters. The Balaban J connectivity index is 1.41. The van der Waals surface area contributed by atoms with E-state index >= 15 is 0 Å². The first-order valence-electron chi connectivity index (χ1n) is 10.1. The van der Waals surface area contributed by atoms with E-state index in [1.807, 2.05) is 50.4 Å². The van der Waals surface area contributed by atoms with Crippen molar-refractivity contribution in [2.45, 2.75) is 32.4 Å². The predicted octanol–water partition coefficient (Wildman–Crippen LogP) is 2.65. The third kappa shape index (κ3) is 2.99. The molecule has 4 heterocycles. The Morgan fingerprint density at radius 2 is 1.86 bits per heavy atom. The van der Waals surface area contributed by atoms with Crippen molar-refractivity contribution in [3.8, 4) is 0 Å². The highest BCUT2D eigenvalue weighted by molar-refractivity contribution is 6.07. The molecule has 2 aromatic heterocycles. The summed E-state index contributed by atoms with van der Waals surface area (Å²) in [7, 11) is 0. The lowest BCUT2D eigenvalue weighted by molar-refractivity contribution is -0.134. The second kappa shape index (κ2) is 6.72. The van der Waals surface area contributed by atoms with Crippen LogP contribution < -0.4 is 5.56 Å². The predicted molar refractivity (Wildman–Crippen MR) is 110 cm³/mol. The van der Waals surface area contributed by atoms with Crippen molar-refractivity contribution in [2.24, 2.45) is 5.92 Å². The van der Waals surface area contributed by atoms with Gasteiger partial charge in [0.15, 0.2) is 5.78 Å². The molecule has 29 heavy (non-hydrogen) atoms. The zero-order chi connectivity index (χ0) is 20.1. The van der Waals surface area contributed by atoms with E-state index in [2.05, 4.69) is 0 Å². The molecule has 2 bridgehead atoms. The van der Waals surface area contributed by atoms with E-state index in [4.69, 9.17) is 0 Å². The molecule has 148 valence electrons. The molecule has 0 spiro atoms. The van der Waals surface area contributed by atoms with Crippen LogP contribution in [0.2, 0.25) is 0 Å². The summed E-state index contributed by atoms with van der Waals surface area (Å²) in [6.45, 7) is 3.76. The normalized spacial score (nSPS) is 20.5. The Hall–Kier alpha value is -3.15. The van der Waals surface area contributed by atoms with E-state index in [1.165, 1.54) is 0 Å². The summed E-state index contributed by atoms with van der Waals surface area (Å²) in [5, 5.41) is 0.886. The van der Waals surface area contributed by atoms with E-state index in [0.717, 1.165) is 23.0 Å². The third-order valence-corrected chi connectivity index (χ3v) is 6.31. The number of hydrogen-bond acceptors (Lipinski definition) is 3. The summed E-state index contributed by atoms with van der Waals surface area (Å²) in [5.41, 5.74) is 2.64. The van der Waals surface area contributed by atoms with Crippen LogP contribution in [0.25, 0.3) is 10.9 Å². The van der Waals surface area contributed by atoms with Crippen molar-refractivity contribution in [3.63, 3.8) is 0 Å². The Morgan fingerprint density at radius 3 is 2.69 bits per heavy atom. The number of aromatic nitrogens is 2. The number of pyridine rings is 1. The minimum Gasteiger partial charge on any atom is -0.340 e. The van der Waals surface area contributed by atoms with Crippen molar-refractivity contribution in [3.05, 3.63) is 70.3 Å². The van der Waals surface area contributed by atoms with Crippen molar-refractivity contribution >= 4 is 22.6 Å². The van der Waals surface area contributed by atoms with Gasteiger partial charge in [-0.3, -0.25) is 14.4 Å². The van der Waals surface area contributed by atoms with Gasteiger partial charge in [0.05, 0.1) is 0 Å². The fourth-order valence-electron chi connectivity index (χ4n) is 5.00. The number of fused-ring (bicyclic) bond motifs is 5. The molecule has 5 rings (SSSR count). The Bertz CT molecular complexity index is 1190. The second-order valence-corrected chi connectivity index (χ2v) is 8.24. The maximum Gasteiger partial charge on any atom is 0.250 e. The lowest BCUT2D eigenvalue weighted by Gasteiger charge is -2.42. The molecule has 0 N–H and O–H groups in total. The fraction of sp³-hybridized carbons (Fsp3) is 0.348. The van der Waals surface area contributed by atoms with E-state index in [1.54, 1.807) is 19.2 Å². The number of benzene rings is 1. The molecule has 6 nitrogen and oxygen atoms in total. The molecule has 2 unspecified atom stereocenters. The molecular formula is C23H23N3O3.